The van der Waals surface area contributed by atoms with E-state index in [1.165, 1.54) is 7.11 Å². The maximum Gasteiger partial charge on any atom is 0.337 e. The van der Waals surface area contributed by atoms with Gasteiger partial charge < -0.3 is 34.6 Å². The maximum absolute atomic E-state index is 11.8. The van der Waals surface area contributed by atoms with Crippen molar-refractivity contribution in [1.29, 1.82) is 0 Å². The average Bonchev–Trinajstić information content (AvgIpc) is 2.74. The molecule has 1 fully saturated rings. The molecule has 2 aromatic rings. The first-order valence-electron chi connectivity index (χ1n) is 8.71. The highest BCUT2D eigenvalue weighted by atomic mass is 16.7. The number of esters is 1. The van der Waals surface area contributed by atoms with Crippen molar-refractivity contribution in [2.75, 3.05) is 13.7 Å². The number of carbonyl (C=O) groups is 1. The monoisotopic (exact) mass is 390 g/mol. The molecule has 8 nitrogen and oxygen atoms in total. The van der Waals surface area contributed by atoms with E-state index in [9.17, 15) is 25.2 Å². The molecule has 4 N–H and O–H groups in total. The van der Waals surface area contributed by atoms with Crippen LogP contribution in [0.5, 0.6) is 5.75 Å². The van der Waals surface area contributed by atoms with Crippen LogP contribution in [-0.2, 0) is 9.47 Å². The molecule has 1 aliphatic heterocycles. The van der Waals surface area contributed by atoms with Gasteiger partial charge in [0.15, 0.2) is 0 Å². The SMILES string of the molecule is COC(=O)c1cccc(-c2ccccc2O[C@H]2O[C@H](CO)[C@@H](O)[C@H](O)[C@@H]2O)c1. The fourth-order valence-electron chi connectivity index (χ4n) is 3.03. The van der Waals surface area contributed by atoms with E-state index < -0.39 is 43.3 Å². The van der Waals surface area contributed by atoms with E-state index in [1.54, 1.807) is 48.5 Å². The van der Waals surface area contributed by atoms with Crippen molar-refractivity contribution >= 4 is 5.97 Å². The molecule has 1 heterocycles. The van der Waals surface area contributed by atoms with Gasteiger partial charge >= 0.3 is 5.97 Å². The second-order valence-corrected chi connectivity index (χ2v) is 6.38. The third-order valence-corrected chi connectivity index (χ3v) is 4.57. The van der Waals surface area contributed by atoms with Crippen LogP contribution in [0.25, 0.3) is 11.1 Å². The molecule has 5 atom stereocenters. The van der Waals surface area contributed by atoms with E-state index in [1.807, 2.05) is 0 Å². The number of aliphatic hydroxyl groups is 4. The molecule has 150 valence electrons. The lowest BCUT2D eigenvalue weighted by Gasteiger charge is -2.39. The van der Waals surface area contributed by atoms with Crippen molar-refractivity contribution in [3.8, 4) is 16.9 Å². The van der Waals surface area contributed by atoms with Gasteiger partial charge in [-0.3, -0.25) is 0 Å². The largest absolute Gasteiger partial charge is 0.465 e. The lowest BCUT2D eigenvalue weighted by molar-refractivity contribution is -0.277. The van der Waals surface area contributed by atoms with Crippen LogP contribution in [0.4, 0.5) is 0 Å². The minimum Gasteiger partial charge on any atom is -0.465 e. The summed E-state index contributed by atoms with van der Waals surface area (Å²) < 4.78 is 15.9. The molecule has 0 spiro atoms. The van der Waals surface area contributed by atoms with E-state index >= 15 is 0 Å². The van der Waals surface area contributed by atoms with Crippen molar-refractivity contribution in [2.45, 2.75) is 30.7 Å². The molecular weight excluding hydrogens is 368 g/mol. The van der Waals surface area contributed by atoms with E-state index in [2.05, 4.69) is 0 Å². The Morgan fingerprint density at radius 3 is 2.50 bits per heavy atom. The van der Waals surface area contributed by atoms with Gasteiger partial charge in [0.2, 0.25) is 6.29 Å². The standard InChI is InChI=1S/C20H22O8/c1-26-19(25)12-6-4-5-11(9-12)13-7-2-3-8-14(13)27-20-18(24)17(23)16(22)15(10-21)28-20/h2-9,15-18,20-24H,10H2,1H3/t15-,16-,17+,18+,20+/m1/s1. The third-order valence-electron chi connectivity index (χ3n) is 4.57. The Hall–Kier alpha value is -2.49. The summed E-state index contributed by atoms with van der Waals surface area (Å²) in [6, 6.07) is 13.6. The normalized spacial score (nSPS) is 27.2. The minimum atomic E-state index is -1.54. The number of hydrogen-bond donors (Lipinski definition) is 4. The average molecular weight is 390 g/mol. The van der Waals surface area contributed by atoms with Gasteiger partial charge in [0, 0.05) is 5.56 Å². The van der Waals surface area contributed by atoms with Crippen LogP contribution in [-0.4, -0.2) is 70.8 Å². The smallest absolute Gasteiger partial charge is 0.337 e. The Morgan fingerprint density at radius 1 is 1.04 bits per heavy atom. The topological polar surface area (TPSA) is 126 Å². The van der Waals surface area contributed by atoms with Gasteiger partial charge in [-0.05, 0) is 23.8 Å². The van der Waals surface area contributed by atoms with Crippen molar-refractivity contribution in [3.05, 3.63) is 54.1 Å². The number of carbonyl (C=O) groups excluding carboxylic acids is 1. The van der Waals surface area contributed by atoms with E-state index in [0.717, 1.165) is 0 Å². The molecule has 0 amide bonds. The van der Waals surface area contributed by atoms with Crippen molar-refractivity contribution in [2.24, 2.45) is 0 Å². The quantitative estimate of drug-likeness (QED) is 0.538. The minimum absolute atomic E-state index is 0.328. The summed E-state index contributed by atoms with van der Waals surface area (Å²) in [6.45, 7) is -0.548. The Balaban J connectivity index is 1.90. The zero-order chi connectivity index (χ0) is 20.3. The van der Waals surface area contributed by atoms with E-state index in [-0.39, 0.29) is 0 Å². The molecular formula is C20H22O8. The van der Waals surface area contributed by atoms with Crippen molar-refractivity contribution in [3.63, 3.8) is 0 Å². The van der Waals surface area contributed by atoms with Gasteiger partial charge in [-0.25, -0.2) is 4.79 Å². The molecule has 0 aliphatic carbocycles. The molecule has 0 radical (unpaired) electrons. The van der Waals surface area contributed by atoms with Gasteiger partial charge in [-0.1, -0.05) is 30.3 Å². The summed E-state index contributed by atoms with van der Waals surface area (Å²) in [7, 11) is 1.30. The van der Waals surface area contributed by atoms with E-state index in [4.69, 9.17) is 14.2 Å². The molecule has 0 unspecified atom stereocenters. The molecule has 2 aromatic carbocycles. The molecule has 8 heteroatoms. The van der Waals surface area contributed by atoms with Gasteiger partial charge in [-0.2, -0.15) is 0 Å². The van der Waals surface area contributed by atoms with Crippen LogP contribution in [0.15, 0.2) is 48.5 Å². The molecule has 0 saturated carbocycles. The van der Waals surface area contributed by atoms with Crippen LogP contribution in [0.2, 0.25) is 0 Å². The number of rotatable bonds is 5. The van der Waals surface area contributed by atoms with Crippen molar-refractivity contribution < 1.29 is 39.4 Å². The summed E-state index contributed by atoms with van der Waals surface area (Å²) >= 11 is 0. The lowest BCUT2D eigenvalue weighted by atomic mass is 9.99. The predicted octanol–water partition coefficient (Wildman–Crippen LogP) is 0.319. The second-order valence-electron chi connectivity index (χ2n) is 6.38. The number of hydrogen-bond acceptors (Lipinski definition) is 8. The fourth-order valence-corrected chi connectivity index (χ4v) is 3.03. The molecule has 0 aromatic heterocycles. The number of ether oxygens (including phenoxy) is 3. The highest BCUT2D eigenvalue weighted by molar-refractivity contribution is 5.91. The predicted molar refractivity (Wildman–Crippen MR) is 97.6 cm³/mol. The number of para-hydroxylation sites is 1. The van der Waals surface area contributed by atoms with Crippen LogP contribution < -0.4 is 4.74 Å². The summed E-state index contributed by atoms with van der Waals surface area (Å²) in [4.78, 5) is 11.8. The second kappa shape index (κ2) is 8.68. The van der Waals surface area contributed by atoms with Gasteiger partial charge in [-0.15, -0.1) is 0 Å². The highest BCUT2D eigenvalue weighted by Gasteiger charge is 2.44. The highest BCUT2D eigenvalue weighted by Crippen LogP contribution is 2.33. The summed E-state index contributed by atoms with van der Waals surface area (Å²) in [6.07, 6.45) is -6.90. The summed E-state index contributed by atoms with van der Waals surface area (Å²) in [5.74, 6) is -0.150. The Kier molecular flexibility index (Phi) is 6.28. The lowest BCUT2D eigenvalue weighted by Crippen LogP contribution is -2.60. The molecule has 28 heavy (non-hydrogen) atoms. The van der Waals surface area contributed by atoms with Crippen LogP contribution in [0.3, 0.4) is 0 Å². The van der Waals surface area contributed by atoms with Crippen LogP contribution in [0, 0.1) is 0 Å². The number of methoxy groups -OCH3 is 1. The Bertz CT molecular complexity index is 821. The van der Waals surface area contributed by atoms with Gasteiger partial charge in [0.1, 0.15) is 30.2 Å². The van der Waals surface area contributed by atoms with Crippen LogP contribution >= 0.6 is 0 Å². The molecule has 0 bridgehead atoms. The third kappa shape index (κ3) is 4.01. The summed E-state index contributed by atoms with van der Waals surface area (Å²) in [5, 5.41) is 39.3. The molecule has 1 aliphatic rings. The Morgan fingerprint density at radius 2 is 1.79 bits per heavy atom. The maximum atomic E-state index is 11.8. The first-order valence-corrected chi connectivity index (χ1v) is 8.71. The van der Waals surface area contributed by atoms with E-state index in [0.29, 0.717) is 22.4 Å². The van der Waals surface area contributed by atoms with Crippen LogP contribution in [0.1, 0.15) is 10.4 Å². The summed E-state index contributed by atoms with van der Waals surface area (Å²) in [5.41, 5.74) is 1.65. The Labute approximate surface area is 161 Å². The number of benzene rings is 2. The zero-order valence-corrected chi connectivity index (χ0v) is 15.1. The first kappa shape index (κ1) is 20.2. The number of aliphatic hydroxyl groups excluding tert-OH is 4. The fraction of sp³-hybridized carbons (Fsp3) is 0.350. The van der Waals surface area contributed by atoms with Gasteiger partial charge in [0.25, 0.3) is 0 Å². The van der Waals surface area contributed by atoms with Crippen molar-refractivity contribution in [1.82, 2.24) is 0 Å². The first-order chi connectivity index (χ1) is 13.5. The van der Waals surface area contributed by atoms with Gasteiger partial charge in [0.05, 0.1) is 19.3 Å². The molecule has 3 rings (SSSR count). The molecule has 1 saturated heterocycles. The zero-order valence-electron chi connectivity index (χ0n) is 15.1.